The number of benzene rings is 2. The zero-order valence-electron chi connectivity index (χ0n) is 15.7. The Labute approximate surface area is 162 Å². The fourth-order valence-electron chi connectivity index (χ4n) is 2.85. The lowest BCUT2D eigenvalue weighted by atomic mass is 10.2. The Hall–Kier alpha value is -2.98. The lowest BCUT2D eigenvalue weighted by molar-refractivity contribution is -0.384. The molecule has 0 atom stereocenters. The van der Waals surface area contributed by atoms with E-state index in [0.717, 1.165) is 0 Å². The summed E-state index contributed by atoms with van der Waals surface area (Å²) in [5, 5.41) is 13.8. The third kappa shape index (κ3) is 3.69. The second-order valence-electron chi connectivity index (χ2n) is 6.12. The molecule has 3 aromatic rings. The highest BCUT2D eigenvalue weighted by atomic mass is 32.2. The minimum absolute atomic E-state index is 0.00753. The monoisotopic (exact) mass is 404 g/mol. The smallest absolute Gasteiger partial charge is 0.300 e. The molecule has 1 N–H and O–H groups in total. The molecule has 0 aliphatic carbocycles. The standard InChI is InChI=1S/C18H20N4O5S/c1-4-21(5-2)28(25,26)14-7-9-17-16(11-14)20-18(27-17)19-15-8-6-13(22(23)24)10-12(15)3/h6-11H,4-5H2,1-3H3,(H,19,20). The van der Waals surface area contributed by atoms with Gasteiger partial charge < -0.3 is 9.73 Å². The van der Waals surface area contributed by atoms with Crippen molar-refractivity contribution in [2.75, 3.05) is 18.4 Å². The quantitative estimate of drug-likeness (QED) is 0.470. The van der Waals surface area contributed by atoms with Gasteiger partial charge in [0.05, 0.1) is 9.82 Å². The number of nitrogens with one attached hydrogen (secondary N) is 1. The molecule has 148 valence electrons. The molecule has 0 saturated heterocycles. The zero-order valence-corrected chi connectivity index (χ0v) is 16.5. The van der Waals surface area contributed by atoms with E-state index in [1.807, 2.05) is 0 Å². The van der Waals surface area contributed by atoms with E-state index in [1.165, 1.54) is 28.6 Å². The van der Waals surface area contributed by atoms with Crippen molar-refractivity contribution in [3.05, 3.63) is 52.1 Å². The molecule has 1 heterocycles. The molecule has 0 unspecified atom stereocenters. The number of nitrogens with zero attached hydrogens (tertiary/aromatic N) is 3. The zero-order chi connectivity index (χ0) is 20.5. The molecule has 0 radical (unpaired) electrons. The number of sulfonamides is 1. The van der Waals surface area contributed by atoms with Crippen LogP contribution in [0, 0.1) is 17.0 Å². The molecule has 0 bridgehead atoms. The van der Waals surface area contributed by atoms with Gasteiger partial charge in [0.15, 0.2) is 5.58 Å². The van der Waals surface area contributed by atoms with Crippen molar-refractivity contribution in [2.24, 2.45) is 0 Å². The maximum absolute atomic E-state index is 12.7. The second kappa shape index (κ2) is 7.56. The Morgan fingerprint density at radius 3 is 2.50 bits per heavy atom. The van der Waals surface area contributed by atoms with Crippen LogP contribution in [0.2, 0.25) is 0 Å². The van der Waals surface area contributed by atoms with Gasteiger partial charge in [-0.25, -0.2) is 8.42 Å². The van der Waals surface area contributed by atoms with Crippen molar-refractivity contribution in [3.8, 4) is 0 Å². The third-order valence-electron chi connectivity index (χ3n) is 4.36. The number of hydrogen-bond acceptors (Lipinski definition) is 7. The fraction of sp³-hybridized carbons (Fsp3) is 0.278. The molecule has 0 aliphatic rings. The summed E-state index contributed by atoms with van der Waals surface area (Å²) in [5.41, 5.74) is 2.08. The van der Waals surface area contributed by atoms with E-state index in [-0.39, 0.29) is 16.6 Å². The minimum atomic E-state index is -3.59. The highest BCUT2D eigenvalue weighted by Crippen LogP contribution is 2.28. The number of anilines is 2. The van der Waals surface area contributed by atoms with E-state index >= 15 is 0 Å². The average molecular weight is 404 g/mol. The highest BCUT2D eigenvalue weighted by Gasteiger charge is 2.22. The van der Waals surface area contributed by atoms with Gasteiger partial charge in [0.25, 0.3) is 11.7 Å². The van der Waals surface area contributed by atoms with Crippen LogP contribution in [0.1, 0.15) is 19.4 Å². The number of non-ortho nitro benzene ring substituents is 1. The molecule has 0 saturated carbocycles. The summed E-state index contributed by atoms with van der Waals surface area (Å²) in [6.07, 6.45) is 0. The predicted octanol–water partition coefficient (Wildman–Crippen LogP) is 3.82. The van der Waals surface area contributed by atoms with Crippen LogP contribution in [-0.2, 0) is 10.0 Å². The van der Waals surface area contributed by atoms with Crippen LogP contribution in [0.25, 0.3) is 11.1 Å². The Kier molecular flexibility index (Phi) is 5.34. The van der Waals surface area contributed by atoms with Gasteiger partial charge in [-0.15, -0.1) is 0 Å². The van der Waals surface area contributed by atoms with Crippen LogP contribution < -0.4 is 5.32 Å². The van der Waals surface area contributed by atoms with Crippen molar-refractivity contribution < 1.29 is 17.8 Å². The van der Waals surface area contributed by atoms with E-state index in [4.69, 9.17) is 4.42 Å². The number of fused-ring (bicyclic) bond motifs is 1. The minimum Gasteiger partial charge on any atom is -0.423 e. The average Bonchev–Trinajstić information content (AvgIpc) is 3.05. The van der Waals surface area contributed by atoms with Gasteiger partial charge in [0.1, 0.15) is 5.52 Å². The van der Waals surface area contributed by atoms with E-state index < -0.39 is 14.9 Å². The van der Waals surface area contributed by atoms with Gasteiger partial charge >= 0.3 is 0 Å². The van der Waals surface area contributed by atoms with Gasteiger partial charge in [0, 0.05) is 30.9 Å². The molecule has 0 fully saturated rings. The van der Waals surface area contributed by atoms with E-state index in [9.17, 15) is 18.5 Å². The summed E-state index contributed by atoms with van der Waals surface area (Å²) in [5.74, 6) is 0. The van der Waals surface area contributed by atoms with Gasteiger partial charge in [-0.1, -0.05) is 13.8 Å². The Morgan fingerprint density at radius 2 is 1.89 bits per heavy atom. The van der Waals surface area contributed by atoms with Gasteiger partial charge in [-0.05, 0) is 36.8 Å². The number of hydrogen-bond donors (Lipinski definition) is 1. The van der Waals surface area contributed by atoms with Gasteiger partial charge in [-0.2, -0.15) is 9.29 Å². The van der Waals surface area contributed by atoms with E-state index in [0.29, 0.717) is 35.4 Å². The first-order valence-corrected chi connectivity index (χ1v) is 10.1. The Morgan fingerprint density at radius 1 is 1.18 bits per heavy atom. The summed E-state index contributed by atoms with van der Waals surface area (Å²) < 4.78 is 32.3. The number of nitro groups is 1. The molecule has 9 nitrogen and oxygen atoms in total. The summed E-state index contributed by atoms with van der Waals surface area (Å²) >= 11 is 0. The Balaban J connectivity index is 1.92. The van der Waals surface area contributed by atoms with Crippen LogP contribution in [0.3, 0.4) is 0 Å². The molecule has 28 heavy (non-hydrogen) atoms. The maximum Gasteiger partial charge on any atom is 0.300 e. The third-order valence-corrected chi connectivity index (χ3v) is 6.41. The lowest BCUT2D eigenvalue weighted by Crippen LogP contribution is -2.30. The van der Waals surface area contributed by atoms with Gasteiger partial charge in [0.2, 0.25) is 10.0 Å². The van der Waals surface area contributed by atoms with E-state index in [1.54, 1.807) is 32.9 Å². The molecule has 2 aromatic carbocycles. The van der Waals surface area contributed by atoms with Crippen LogP contribution in [0.5, 0.6) is 0 Å². The Bertz CT molecular complexity index is 1140. The number of nitro benzene ring substituents is 1. The first kappa shape index (κ1) is 19.8. The largest absolute Gasteiger partial charge is 0.423 e. The predicted molar refractivity (Wildman–Crippen MR) is 105 cm³/mol. The van der Waals surface area contributed by atoms with Crippen molar-refractivity contribution in [1.29, 1.82) is 0 Å². The maximum atomic E-state index is 12.7. The number of aromatic nitrogens is 1. The molecule has 0 aliphatic heterocycles. The lowest BCUT2D eigenvalue weighted by Gasteiger charge is -2.18. The van der Waals surface area contributed by atoms with Crippen molar-refractivity contribution in [1.82, 2.24) is 9.29 Å². The molecule has 1 aromatic heterocycles. The second-order valence-corrected chi connectivity index (χ2v) is 8.06. The summed E-state index contributed by atoms with van der Waals surface area (Å²) in [6.45, 7) is 6.05. The fourth-order valence-corrected chi connectivity index (χ4v) is 4.33. The number of oxazole rings is 1. The van der Waals surface area contributed by atoms with Crippen LogP contribution >= 0.6 is 0 Å². The SMILES string of the molecule is CCN(CC)S(=O)(=O)c1ccc2oc(Nc3ccc([N+](=O)[O-])cc3C)nc2c1. The van der Waals surface area contributed by atoms with Crippen LogP contribution in [0.15, 0.2) is 45.7 Å². The molecule has 10 heteroatoms. The number of rotatable bonds is 7. The topological polar surface area (TPSA) is 119 Å². The molecular weight excluding hydrogens is 384 g/mol. The van der Waals surface area contributed by atoms with Crippen molar-refractivity contribution in [2.45, 2.75) is 25.7 Å². The molecule has 0 amide bonds. The van der Waals surface area contributed by atoms with Crippen molar-refractivity contribution in [3.63, 3.8) is 0 Å². The first-order chi connectivity index (χ1) is 13.3. The summed E-state index contributed by atoms with van der Waals surface area (Å²) in [6, 6.07) is 9.09. The first-order valence-electron chi connectivity index (χ1n) is 8.69. The number of aryl methyl sites for hydroxylation is 1. The summed E-state index contributed by atoms with van der Waals surface area (Å²) in [7, 11) is -3.59. The molecule has 3 rings (SSSR count). The van der Waals surface area contributed by atoms with Crippen molar-refractivity contribution >= 4 is 38.5 Å². The van der Waals surface area contributed by atoms with Crippen LogP contribution in [-0.4, -0.2) is 35.7 Å². The van der Waals surface area contributed by atoms with Gasteiger partial charge in [-0.3, -0.25) is 10.1 Å². The molecule has 0 spiro atoms. The highest BCUT2D eigenvalue weighted by molar-refractivity contribution is 7.89. The normalized spacial score (nSPS) is 11.9. The van der Waals surface area contributed by atoms with Crippen LogP contribution in [0.4, 0.5) is 17.4 Å². The molecular formula is C18H20N4O5S. The summed E-state index contributed by atoms with van der Waals surface area (Å²) in [4.78, 5) is 14.8. The van der Waals surface area contributed by atoms with E-state index in [2.05, 4.69) is 10.3 Å².